The molecule has 0 saturated heterocycles. The Hall–Kier alpha value is -0.120. The first-order valence-electron chi connectivity index (χ1n) is 7.21. The smallest absolute Gasteiger partial charge is 0.0774 e. The van der Waals surface area contributed by atoms with E-state index in [1.807, 2.05) is 0 Å². The van der Waals surface area contributed by atoms with Gasteiger partial charge in [-0.3, -0.25) is 4.90 Å². The highest BCUT2D eigenvalue weighted by Crippen LogP contribution is 2.30. The molecule has 17 heavy (non-hydrogen) atoms. The largest absolute Gasteiger partial charge is 0.391 e. The van der Waals surface area contributed by atoms with Gasteiger partial charge in [-0.15, -0.1) is 0 Å². The molecule has 0 aromatic rings. The summed E-state index contributed by atoms with van der Waals surface area (Å²) in [6.07, 6.45) is 9.59. The summed E-state index contributed by atoms with van der Waals surface area (Å²) in [6, 6.07) is 0.259. The zero-order chi connectivity index (χ0) is 12.3. The molecule has 100 valence electrons. The van der Waals surface area contributed by atoms with Gasteiger partial charge < -0.3 is 10.2 Å². The fourth-order valence-corrected chi connectivity index (χ4v) is 3.56. The summed E-state index contributed by atoms with van der Waals surface area (Å²) in [7, 11) is 2.06. The zero-order valence-electron chi connectivity index (χ0n) is 11.1. The Morgan fingerprint density at radius 1 is 1.06 bits per heavy atom. The van der Waals surface area contributed by atoms with Crippen molar-refractivity contribution < 1.29 is 10.2 Å². The molecule has 0 aromatic heterocycles. The Morgan fingerprint density at radius 3 is 2.35 bits per heavy atom. The van der Waals surface area contributed by atoms with Crippen LogP contribution in [0.25, 0.3) is 0 Å². The van der Waals surface area contributed by atoms with Crippen LogP contribution < -0.4 is 0 Å². The second-order valence-electron chi connectivity index (χ2n) is 6.12. The fourth-order valence-electron chi connectivity index (χ4n) is 3.56. The van der Waals surface area contributed by atoms with Crippen LogP contribution in [0.4, 0.5) is 0 Å². The number of rotatable bonds is 3. The summed E-state index contributed by atoms with van der Waals surface area (Å²) in [5.41, 5.74) is -0.496. The molecule has 3 nitrogen and oxygen atoms in total. The van der Waals surface area contributed by atoms with Gasteiger partial charge in [-0.25, -0.2) is 0 Å². The van der Waals surface area contributed by atoms with Crippen LogP contribution in [0.15, 0.2) is 0 Å². The molecule has 0 bridgehead atoms. The van der Waals surface area contributed by atoms with E-state index in [4.69, 9.17) is 0 Å². The van der Waals surface area contributed by atoms with Crippen LogP contribution >= 0.6 is 0 Å². The molecule has 2 aliphatic rings. The van der Waals surface area contributed by atoms with Crippen molar-refractivity contribution in [1.82, 2.24) is 4.90 Å². The standard InChI is InChI=1S/C14H27NO2/c1-15(12-7-3-4-8-13(12)16)11-14(17)9-5-2-6-10-14/h12-13,16-17H,2-11H2,1H3. The van der Waals surface area contributed by atoms with Crippen molar-refractivity contribution in [3.05, 3.63) is 0 Å². The Morgan fingerprint density at radius 2 is 1.71 bits per heavy atom. The van der Waals surface area contributed by atoms with Gasteiger partial charge in [-0.1, -0.05) is 32.1 Å². The Labute approximate surface area is 105 Å². The molecule has 2 aliphatic carbocycles. The molecule has 0 amide bonds. The monoisotopic (exact) mass is 241 g/mol. The second-order valence-corrected chi connectivity index (χ2v) is 6.12. The number of hydrogen-bond acceptors (Lipinski definition) is 3. The minimum Gasteiger partial charge on any atom is -0.391 e. The van der Waals surface area contributed by atoms with E-state index in [2.05, 4.69) is 11.9 Å². The molecular weight excluding hydrogens is 214 g/mol. The second kappa shape index (κ2) is 5.68. The van der Waals surface area contributed by atoms with Gasteiger partial charge in [0.15, 0.2) is 0 Å². The molecule has 0 aliphatic heterocycles. The maximum Gasteiger partial charge on any atom is 0.0774 e. The normalized spacial score (nSPS) is 33.9. The highest BCUT2D eigenvalue weighted by molar-refractivity contribution is 4.89. The molecule has 2 rings (SSSR count). The summed E-state index contributed by atoms with van der Waals surface area (Å²) in [5.74, 6) is 0. The van der Waals surface area contributed by atoms with Gasteiger partial charge >= 0.3 is 0 Å². The van der Waals surface area contributed by atoms with E-state index in [0.717, 1.165) is 51.5 Å². The Balaban J connectivity index is 1.88. The van der Waals surface area contributed by atoms with E-state index >= 15 is 0 Å². The Bertz CT molecular complexity index is 238. The molecule has 3 heteroatoms. The van der Waals surface area contributed by atoms with E-state index in [9.17, 15) is 10.2 Å². The molecule has 0 radical (unpaired) electrons. The van der Waals surface area contributed by atoms with Gasteiger partial charge in [0.1, 0.15) is 0 Å². The number of likely N-dealkylation sites (N-methyl/N-ethyl adjacent to an activating group) is 1. The first-order valence-corrected chi connectivity index (χ1v) is 7.21. The minimum atomic E-state index is -0.496. The quantitative estimate of drug-likeness (QED) is 0.793. The SMILES string of the molecule is CN(CC1(O)CCCCC1)C1CCCCC1O. The van der Waals surface area contributed by atoms with Crippen LogP contribution in [0.5, 0.6) is 0 Å². The third-order valence-corrected chi connectivity index (χ3v) is 4.59. The van der Waals surface area contributed by atoms with Gasteiger partial charge in [0.2, 0.25) is 0 Å². The van der Waals surface area contributed by atoms with Crippen LogP contribution in [-0.4, -0.2) is 46.5 Å². The average molecular weight is 241 g/mol. The van der Waals surface area contributed by atoms with E-state index in [-0.39, 0.29) is 12.1 Å². The van der Waals surface area contributed by atoms with Crippen molar-refractivity contribution in [2.45, 2.75) is 75.5 Å². The van der Waals surface area contributed by atoms with Gasteiger partial charge in [0.25, 0.3) is 0 Å². The van der Waals surface area contributed by atoms with Crippen molar-refractivity contribution in [3.63, 3.8) is 0 Å². The summed E-state index contributed by atoms with van der Waals surface area (Å²) in [4.78, 5) is 2.20. The van der Waals surface area contributed by atoms with Crippen LogP contribution in [-0.2, 0) is 0 Å². The van der Waals surface area contributed by atoms with Gasteiger partial charge in [0.05, 0.1) is 11.7 Å². The molecular formula is C14H27NO2. The highest BCUT2D eigenvalue weighted by atomic mass is 16.3. The Kier molecular flexibility index (Phi) is 4.45. The molecule has 0 heterocycles. The lowest BCUT2D eigenvalue weighted by molar-refractivity contribution is -0.0514. The molecule has 0 spiro atoms. The van der Waals surface area contributed by atoms with Gasteiger partial charge in [-0.2, -0.15) is 0 Å². The number of aliphatic hydroxyl groups is 2. The van der Waals surface area contributed by atoms with Crippen LogP contribution in [0.2, 0.25) is 0 Å². The van der Waals surface area contributed by atoms with E-state index in [1.54, 1.807) is 0 Å². The molecule has 2 unspecified atom stereocenters. The molecule has 2 N–H and O–H groups in total. The zero-order valence-corrected chi connectivity index (χ0v) is 11.1. The van der Waals surface area contributed by atoms with E-state index in [0.29, 0.717) is 0 Å². The maximum absolute atomic E-state index is 10.5. The average Bonchev–Trinajstić information content (AvgIpc) is 2.29. The van der Waals surface area contributed by atoms with E-state index < -0.39 is 5.60 Å². The van der Waals surface area contributed by atoms with Gasteiger partial charge in [0, 0.05) is 12.6 Å². The molecule has 0 aromatic carbocycles. The predicted octanol–water partition coefficient (Wildman–Crippen LogP) is 1.92. The lowest BCUT2D eigenvalue weighted by atomic mass is 9.83. The molecule has 2 saturated carbocycles. The predicted molar refractivity (Wildman–Crippen MR) is 68.9 cm³/mol. The van der Waals surface area contributed by atoms with Crippen molar-refractivity contribution >= 4 is 0 Å². The highest BCUT2D eigenvalue weighted by Gasteiger charge is 2.34. The maximum atomic E-state index is 10.5. The number of nitrogens with zero attached hydrogens (tertiary/aromatic N) is 1. The van der Waals surface area contributed by atoms with E-state index in [1.165, 1.54) is 12.8 Å². The summed E-state index contributed by atoms with van der Waals surface area (Å²) < 4.78 is 0. The fraction of sp³-hybridized carbons (Fsp3) is 1.00. The topological polar surface area (TPSA) is 43.7 Å². The lowest BCUT2D eigenvalue weighted by Crippen LogP contribution is -2.51. The summed E-state index contributed by atoms with van der Waals surface area (Å²) in [6.45, 7) is 0.731. The number of hydrogen-bond donors (Lipinski definition) is 2. The van der Waals surface area contributed by atoms with Gasteiger partial charge in [-0.05, 0) is 32.7 Å². The summed E-state index contributed by atoms with van der Waals surface area (Å²) >= 11 is 0. The summed E-state index contributed by atoms with van der Waals surface area (Å²) in [5, 5.41) is 20.6. The van der Waals surface area contributed by atoms with Crippen molar-refractivity contribution in [2.75, 3.05) is 13.6 Å². The third-order valence-electron chi connectivity index (χ3n) is 4.59. The first-order chi connectivity index (χ1) is 8.11. The third kappa shape index (κ3) is 3.43. The first kappa shape index (κ1) is 13.3. The molecule has 2 fully saturated rings. The van der Waals surface area contributed by atoms with Crippen molar-refractivity contribution in [2.24, 2.45) is 0 Å². The number of aliphatic hydroxyl groups excluding tert-OH is 1. The minimum absolute atomic E-state index is 0.194. The van der Waals surface area contributed by atoms with Crippen molar-refractivity contribution in [3.8, 4) is 0 Å². The van der Waals surface area contributed by atoms with Crippen LogP contribution in [0, 0.1) is 0 Å². The van der Waals surface area contributed by atoms with Crippen molar-refractivity contribution in [1.29, 1.82) is 0 Å². The van der Waals surface area contributed by atoms with Crippen LogP contribution in [0.1, 0.15) is 57.8 Å². The van der Waals surface area contributed by atoms with Crippen LogP contribution in [0.3, 0.4) is 0 Å². The lowest BCUT2D eigenvalue weighted by Gasteiger charge is -2.41. The molecule has 2 atom stereocenters.